The molecule has 2 aromatic heterocycles. The number of aliphatic hydroxyl groups is 2. The molecular weight excluding hydrogens is 307 g/mol. The second-order valence-corrected chi connectivity index (χ2v) is 4.89. The van der Waals surface area contributed by atoms with Crippen LogP contribution in [0.15, 0.2) is 12.7 Å². The topological polar surface area (TPSA) is 119 Å². The zero-order chi connectivity index (χ0) is 16.1. The summed E-state index contributed by atoms with van der Waals surface area (Å²) in [5.41, 5.74) is 3.09. The first kappa shape index (κ1) is 14.9. The van der Waals surface area contributed by atoms with E-state index in [1.54, 1.807) is 0 Å². The quantitative estimate of drug-likeness (QED) is 0.706. The lowest BCUT2D eigenvalue weighted by Crippen LogP contribution is -2.51. The number of aromatic nitrogens is 4. The van der Waals surface area contributed by atoms with Crippen molar-refractivity contribution >= 4 is 17.0 Å². The fourth-order valence-electron chi connectivity index (χ4n) is 2.43. The molecule has 4 atom stereocenters. The minimum absolute atomic E-state index is 0.0278. The van der Waals surface area contributed by atoms with Gasteiger partial charge < -0.3 is 20.7 Å². The molecule has 11 heteroatoms. The van der Waals surface area contributed by atoms with Gasteiger partial charge in [0, 0.05) is 0 Å². The van der Waals surface area contributed by atoms with Gasteiger partial charge in [-0.05, 0) is 0 Å². The molecule has 3 rings (SSSR count). The molecular formula is C11H12F3N5O3. The first-order chi connectivity index (χ1) is 10.4. The maximum Gasteiger partial charge on any atom is 0.272 e. The van der Waals surface area contributed by atoms with E-state index in [9.17, 15) is 18.3 Å². The lowest BCUT2D eigenvalue weighted by molar-refractivity contribution is -0.194. The van der Waals surface area contributed by atoms with Crippen molar-refractivity contribution in [2.24, 2.45) is 0 Å². The Hall–Kier alpha value is -1.98. The van der Waals surface area contributed by atoms with E-state index in [2.05, 4.69) is 15.0 Å². The molecule has 8 nitrogen and oxygen atoms in total. The molecule has 1 fully saturated rings. The fourth-order valence-corrected chi connectivity index (χ4v) is 2.43. The van der Waals surface area contributed by atoms with E-state index in [4.69, 9.17) is 15.6 Å². The Bertz CT molecular complexity index is 699. The molecule has 1 saturated heterocycles. The van der Waals surface area contributed by atoms with Gasteiger partial charge in [-0.1, -0.05) is 0 Å². The molecule has 0 spiro atoms. The zero-order valence-electron chi connectivity index (χ0n) is 11.0. The third kappa shape index (κ3) is 1.86. The van der Waals surface area contributed by atoms with E-state index in [0.717, 1.165) is 17.2 Å². The van der Waals surface area contributed by atoms with Crippen molar-refractivity contribution in [3.8, 4) is 0 Å². The summed E-state index contributed by atoms with van der Waals surface area (Å²) >= 11 is 0. The van der Waals surface area contributed by atoms with Gasteiger partial charge >= 0.3 is 0 Å². The molecule has 3 heterocycles. The maximum atomic E-state index is 14.3. The number of aliphatic hydroxyl groups excluding tert-OH is 2. The normalized spacial score (nSPS) is 32.2. The highest BCUT2D eigenvalue weighted by Gasteiger charge is 2.61. The van der Waals surface area contributed by atoms with Crippen LogP contribution in [-0.2, 0) is 4.74 Å². The second-order valence-electron chi connectivity index (χ2n) is 4.89. The molecule has 0 aliphatic carbocycles. The highest BCUT2D eigenvalue weighted by atomic mass is 19.3. The molecule has 0 amide bonds. The molecule has 1 aliphatic heterocycles. The number of nitrogens with two attached hydrogens (primary N) is 1. The monoisotopic (exact) mass is 319 g/mol. The van der Waals surface area contributed by atoms with Gasteiger partial charge in [-0.15, -0.1) is 0 Å². The predicted molar refractivity (Wildman–Crippen MR) is 66.6 cm³/mol. The van der Waals surface area contributed by atoms with Gasteiger partial charge in [-0.25, -0.2) is 28.1 Å². The molecule has 0 radical (unpaired) electrons. The second kappa shape index (κ2) is 5.04. The minimum atomic E-state index is -3.29. The number of alkyl halides is 3. The van der Waals surface area contributed by atoms with Gasteiger partial charge in [0.15, 0.2) is 29.5 Å². The molecule has 0 saturated carbocycles. The number of fused-ring (bicyclic) bond motifs is 1. The zero-order valence-corrected chi connectivity index (χ0v) is 11.0. The van der Waals surface area contributed by atoms with Crippen molar-refractivity contribution in [3.63, 3.8) is 0 Å². The van der Waals surface area contributed by atoms with Crippen LogP contribution in [0.1, 0.15) is 6.23 Å². The summed E-state index contributed by atoms with van der Waals surface area (Å²) in [6.07, 6.45) is -7.14. The van der Waals surface area contributed by atoms with Crippen LogP contribution in [0.2, 0.25) is 0 Å². The van der Waals surface area contributed by atoms with E-state index in [0.29, 0.717) is 0 Å². The smallest absolute Gasteiger partial charge is 0.272 e. The van der Waals surface area contributed by atoms with Crippen molar-refractivity contribution in [1.82, 2.24) is 19.5 Å². The Morgan fingerprint density at radius 1 is 1.41 bits per heavy atom. The van der Waals surface area contributed by atoms with Crippen molar-refractivity contribution in [3.05, 3.63) is 12.7 Å². The Balaban J connectivity index is 2.06. The highest BCUT2D eigenvalue weighted by Crippen LogP contribution is 2.43. The van der Waals surface area contributed by atoms with Crippen molar-refractivity contribution in [2.45, 2.75) is 30.5 Å². The molecule has 120 valence electrons. The van der Waals surface area contributed by atoms with Crippen LogP contribution in [0.25, 0.3) is 11.2 Å². The first-order valence-corrected chi connectivity index (χ1v) is 6.24. The SMILES string of the molecule is Nc1ncnc2c1ncn2[C@@H]1O[C@@](CO)(C(F)F)[C@@H](O)C1F. The summed E-state index contributed by atoms with van der Waals surface area (Å²) in [6.45, 7) is -1.24. The summed E-state index contributed by atoms with van der Waals surface area (Å²) in [4.78, 5) is 11.4. The van der Waals surface area contributed by atoms with E-state index in [-0.39, 0.29) is 17.0 Å². The van der Waals surface area contributed by atoms with Crippen molar-refractivity contribution < 1.29 is 28.1 Å². The Labute approximate surface area is 121 Å². The van der Waals surface area contributed by atoms with Crippen LogP contribution in [0.5, 0.6) is 0 Å². The molecule has 2 aromatic rings. The van der Waals surface area contributed by atoms with Gasteiger partial charge in [-0.2, -0.15) is 0 Å². The van der Waals surface area contributed by atoms with Crippen LogP contribution < -0.4 is 5.73 Å². The number of hydrogen-bond donors (Lipinski definition) is 3. The van der Waals surface area contributed by atoms with Crippen LogP contribution in [0.3, 0.4) is 0 Å². The molecule has 1 unspecified atom stereocenters. The summed E-state index contributed by atoms with van der Waals surface area (Å²) in [5.74, 6) is 0.0278. The number of imidazole rings is 1. The average Bonchev–Trinajstić information content (AvgIpc) is 3.02. The number of nitrogens with zero attached hydrogens (tertiary/aromatic N) is 4. The van der Waals surface area contributed by atoms with E-state index < -0.39 is 37.1 Å². The Kier molecular flexibility index (Phi) is 3.42. The van der Waals surface area contributed by atoms with Crippen LogP contribution in [-0.4, -0.2) is 60.6 Å². The van der Waals surface area contributed by atoms with Crippen molar-refractivity contribution in [1.29, 1.82) is 0 Å². The van der Waals surface area contributed by atoms with E-state index in [1.165, 1.54) is 0 Å². The minimum Gasteiger partial charge on any atom is -0.393 e. The fraction of sp³-hybridized carbons (Fsp3) is 0.545. The van der Waals surface area contributed by atoms with Gasteiger partial charge in [0.05, 0.1) is 12.9 Å². The Morgan fingerprint density at radius 3 is 2.73 bits per heavy atom. The number of anilines is 1. The van der Waals surface area contributed by atoms with Crippen LogP contribution in [0, 0.1) is 0 Å². The van der Waals surface area contributed by atoms with Gasteiger partial charge in [0.2, 0.25) is 0 Å². The van der Waals surface area contributed by atoms with E-state index in [1.807, 2.05) is 0 Å². The van der Waals surface area contributed by atoms with Gasteiger partial charge in [0.1, 0.15) is 17.9 Å². The standard InChI is InChI=1S/C11H12F3N5O3/c12-4-6(21)11(1-20,10(13)14)22-9(4)19-3-18-5-7(15)16-2-17-8(5)19/h2-4,6,9-10,20-21H,1H2,(H2,15,16,17)/t4?,6-,9+,11+/m0/s1. The lowest BCUT2D eigenvalue weighted by atomic mass is 9.97. The summed E-state index contributed by atoms with van der Waals surface area (Å²) in [5, 5.41) is 18.9. The van der Waals surface area contributed by atoms with Gasteiger partial charge in [-0.3, -0.25) is 4.57 Å². The number of ether oxygens (including phenoxy) is 1. The maximum absolute atomic E-state index is 14.3. The summed E-state index contributed by atoms with van der Waals surface area (Å²) in [6, 6.07) is 0. The summed E-state index contributed by atoms with van der Waals surface area (Å²) in [7, 11) is 0. The van der Waals surface area contributed by atoms with Crippen LogP contribution in [0.4, 0.5) is 19.0 Å². The predicted octanol–water partition coefficient (Wildman–Crippen LogP) is -0.368. The largest absolute Gasteiger partial charge is 0.393 e. The molecule has 22 heavy (non-hydrogen) atoms. The van der Waals surface area contributed by atoms with E-state index >= 15 is 0 Å². The van der Waals surface area contributed by atoms with Crippen molar-refractivity contribution in [2.75, 3.05) is 12.3 Å². The third-order valence-electron chi connectivity index (χ3n) is 3.69. The molecule has 0 bridgehead atoms. The lowest BCUT2D eigenvalue weighted by Gasteiger charge is -2.28. The number of halogens is 3. The number of nitrogen functional groups attached to an aromatic ring is 1. The van der Waals surface area contributed by atoms with Crippen LogP contribution >= 0.6 is 0 Å². The molecule has 4 N–H and O–H groups in total. The highest BCUT2D eigenvalue weighted by molar-refractivity contribution is 5.81. The molecule has 0 aromatic carbocycles. The first-order valence-electron chi connectivity index (χ1n) is 6.24. The number of hydrogen-bond acceptors (Lipinski definition) is 7. The third-order valence-corrected chi connectivity index (χ3v) is 3.69. The number of rotatable bonds is 3. The summed E-state index contributed by atoms with van der Waals surface area (Å²) < 4.78 is 46.5. The molecule has 1 aliphatic rings. The Morgan fingerprint density at radius 2 is 2.14 bits per heavy atom. The van der Waals surface area contributed by atoms with Gasteiger partial charge in [0.25, 0.3) is 6.43 Å². The average molecular weight is 319 g/mol.